The molecule has 7 nitrogen and oxygen atoms in total. The van der Waals surface area contributed by atoms with Gasteiger partial charge in [0, 0.05) is 38.2 Å². The van der Waals surface area contributed by atoms with Crippen molar-refractivity contribution < 1.29 is 23.7 Å². The van der Waals surface area contributed by atoms with Crippen LogP contribution in [0.2, 0.25) is 5.02 Å². The zero-order chi connectivity index (χ0) is 25.7. The van der Waals surface area contributed by atoms with E-state index in [1.807, 2.05) is 29.2 Å². The zero-order valence-corrected chi connectivity index (χ0v) is 22.5. The Morgan fingerprint density at radius 2 is 2.00 bits per heavy atom. The van der Waals surface area contributed by atoms with Crippen LogP contribution < -0.4 is 18.9 Å². The fraction of sp³-hybridized carbons (Fsp3) is 0.536. The van der Waals surface area contributed by atoms with Crippen molar-refractivity contribution in [3.8, 4) is 23.0 Å². The van der Waals surface area contributed by atoms with E-state index in [9.17, 15) is 4.79 Å². The van der Waals surface area contributed by atoms with Gasteiger partial charge >= 0.3 is 0 Å². The Hall–Kier alpha value is -2.64. The summed E-state index contributed by atoms with van der Waals surface area (Å²) in [6.45, 7) is 8.93. The van der Waals surface area contributed by atoms with Crippen molar-refractivity contribution in [2.75, 3.05) is 47.1 Å². The number of benzene rings is 2. The molecule has 0 aliphatic carbocycles. The number of hydrogen-bond acceptors (Lipinski definition) is 6. The normalized spacial score (nSPS) is 17.7. The molecule has 0 unspecified atom stereocenters. The Labute approximate surface area is 219 Å². The van der Waals surface area contributed by atoms with Crippen molar-refractivity contribution in [2.24, 2.45) is 11.8 Å². The van der Waals surface area contributed by atoms with Crippen molar-refractivity contribution in [1.29, 1.82) is 0 Å². The highest BCUT2D eigenvalue weighted by Crippen LogP contribution is 2.38. The molecule has 0 aromatic heterocycles. The molecule has 2 aliphatic heterocycles. The van der Waals surface area contributed by atoms with E-state index in [1.165, 1.54) is 0 Å². The monoisotopic (exact) mass is 516 g/mol. The molecule has 1 fully saturated rings. The summed E-state index contributed by atoms with van der Waals surface area (Å²) in [4.78, 5) is 18.0. The molecule has 36 heavy (non-hydrogen) atoms. The first kappa shape index (κ1) is 26.4. The van der Waals surface area contributed by atoms with Crippen molar-refractivity contribution in [3.05, 3.63) is 46.5 Å². The maximum absolute atomic E-state index is 13.7. The van der Waals surface area contributed by atoms with Gasteiger partial charge in [-0.25, -0.2) is 0 Å². The molecule has 2 aliphatic rings. The Morgan fingerprint density at radius 3 is 2.75 bits per heavy atom. The third-order valence-corrected chi connectivity index (χ3v) is 6.91. The Kier molecular flexibility index (Phi) is 8.86. The first-order valence-electron chi connectivity index (χ1n) is 12.7. The average molecular weight is 517 g/mol. The summed E-state index contributed by atoms with van der Waals surface area (Å²) in [6.07, 6.45) is 1.65. The zero-order valence-electron chi connectivity index (χ0n) is 21.7. The molecule has 1 amide bonds. The predicted octanol–water partition coefficient (Wildman–Crippen LogP) is 5.03. The van der Waals surface area contributed by atoms with E-state index in [-0.39, 0.29) is 11.8 Å². The number of carbonyl (C=O) groups excluding carboxylic acids is 1. The highest BCUT2D eigenvalue weighted by Gasteiger charge is 2.32. The number of rotatable bonds is 9. The molecule has 0 bridgehead atoms. The van der Waals surface area contributed by atoms with Gasteiger partial charge in [0.15, 0.2) is 23.0 Å². The first-order valence-corrected chi connectivity index (χ1v) is 13.1. The van der Waals surface area contributed by atoms with Gasteiger partial charge in [-0.15, -0.1) is 0 Å². The van der Waals surface area contributed by atoms with Gasteiger partial charge in [-0.05, 0) is 42.6 Å². The molecule has 0 radical (unpaired) electrons. The SMILES string of the molecule is COc1cccc(CN2CC[C@@H](C(=O)N(Cc3cc(Cl)c4c(c3)OCCCO4)CC(C)C)C2)c1OC. The summed E-state index contributed by atoms with van der Waals surface area (Å²) in [5.74, 6) is 3.22. The maximum atomic E-state index is 13.7. The summed E-state index contributed by atoms with van der Waals surface area (Å²) in [5, 5.41) is 0.528. The van der Waals surface area contributed by atoms with Gasteiger partial charge < -0.3 is 23.8 Å². The van der Waals surface area contributed by atoms with Gasteiger partial charge in [-0.1, -0.05) is 37.6 Å². The topological polar surface area (TPSA) is 60.5 Å². The number of carbonyl (C=O) groups is 1. The number of likely N-dealkylation sites (tertiary alicyclic amines) is 1. The third-order valence-electron chi connectivity index (χ3n) is 6.63. The van der Waals surface area contributed by atoms with Gasteiger partial charge in [-0.2, -0.15) is 0 Å². The number of para-hydroxylation sites is 1. The molecule has 1 saturated heterocycles. The molecule has 2 heterocycles. The van der Waals surface area contributed by atoms with Crippen LogP contribution in [0.15, 0.2) is 30.3 Å². The average Bonchev–Trinajstić information content (AvgIpc) is 3.18. The molecule has 1 atom stereocenters. The molecular formula is C28H37ClN2O5. The molecule has 0 saturated carbocycles. The second-order valence-electron chi connectivity index (χ2n) is 9.94. The fourth-order valence-corrected chi connectivity index (χ4v) is 5.31. The van der Waals surface area contributed by atoms with Crippen LogP contribution >= 0.6 is 11.6 Å². The van der Waals surface area contributed by atoms with Crippen molar-refractivity contribution in [1.82, 2.24) is 9.80 Å². The Balaban J connectivity index is 1.46. The number of methoxy groups -OCH3 is 2. The van der Waals surface area contributed by atoms with E-state index < -0.39 is 0 Å². The van der Waals surface area contributed by atoms with Crippen LogP contribution in [-0.2, 0) is 17.9 Å². The lowest BCUT2D eigenvalue weighted by Crippen LogP contribution is -2.39. The summed E-state index contributed by atoms with van der Waals surface area (Å²) >= 11 is 6.52. The van der Waals surface area contributed by atoms with Gasteiger partial charge in [0.2, 0.25) is 5.91 Å². The largest absolute Gasteiger partial charge is 0.493 e. The van der Waals surface area contributed by atoms with Gasteiger partial charge in [0.05, 0.1) is 38.4 Å². The van der Waals surface area contributed by atoms with Crippen molar-refractivity contribution >= 4 is 17.5 Å². The highest BCUT2D eigenvalue weighted by molar-refractivity contribution is 6.32. The lowest BCUT2D eigenvalue weighted by atomic mass is 10.0. The van der Waals surface area contributed by atoms with E-state index in [2.05, 4.69) is 24.8 Å². The number of fused-ring (bicyclic) bond motifs is 1. The van der Waals surface area contributed by atoms with E-state index in [0.717, 1.165) is 48.6 Å². The minimum atomic E-state index is -0.0452. The minimum absolute atomic E-state index is 0.0452. The van der Waals surface area contributed by atoms with Crippen LogP contribution in [0.3, 0.4) is 0 Å². The number of nitrogens with zero attached hydrogens (tertiary/aromatic N) is 2. The van der Waals surface area contributed by atoms with Gasteiger partial charge in [0.25, 0.3) is 0 Å². The van der Waals surface area contributed by atoms with Crippen LogP contribution in [0.5, 0.6) is 23.0 Å². The number of amides is 1. The molecular weight excluding hydrogens is 480 g/mol. The van der Waals surface area contributed by atoms with Crippen molar-refractivity contribution in [3.63, 3.8) is 0 Å². The van der Waals surface area contributed by atoms with Crippen LogP contribution in [-0.4, -0.2) is 62.8 Å². The lowest BCUT2D eigenvalue weighted by molar-refractivity contribution is -0.136. The van der Waals surface area contributed by atoms with E-state index in [0.29, 0.717) is 55.3 Å². The molecule has 196 valence electrons. The molecule has 8 heteroatoms. The molecule has 4 rings (SSSR count). The second kappa shape index (κ2) is 12.1. The summed E-state index contributed by atoms with van der Waals surface area (Å²) < 4.78 is 22.7. The maximum Gasteiger partial charge on any atom is 0.227 e. The van der Waals surface area contributed by atoms with Crippen LogP contribution in [0, 0.1) is 11.8 Å². The molecule has 0 spiro atoms. The smallest absolute Gasteiger partial charge is 0.227 e. The third kappa shape index (κ3) is 6.19. The first-order chi connectivity index (χ1) is 17.4. The second-order valence-corrected chi connectivity index (χ2v) is 10.3. The molecule has 2 aromatic rings. The summed E-state index contributed by atoms with van der Waals surface area (Å²) in [7, 11) is 3.30. The summed E-state index contributed by atoms with van der Waals surface area (Å²) in [5.41, 5.74) is 2.01. The number of ether oxygens (including phenoxy) is 4. The number of hydrogen-bond donors (Lipinski definition) is 0. The van der Waals surface area contributed by atoms with E-state index in [4.69, 9.17) is 30.5 Å². The Bertz CT molecular complexity index is 1060. The lowest BCUT2D eigenvalue weighted by Gasteiger charge is -2.28. The summed E-state index contributed by atoms with van der Waals surface area (Å²) in [6, 6.07) is 9.78. The standard InChI is InChI=1S/C28H37ClN2O5/c1-19(2)15-31(16-20-13-23(29)27-25(14-20)35-11-6-12-36-27)28(32)22-9-10-30(18-22)17-21-7-5-8-24(33-3)26(21)34-4/h5,7-8,13-14,19,22H,6,9-12,15-18H2,1-4H3/t22-/m1/s1. The molecule has 2 aromatic carbocycles. The van der Waals surface area contributed by atoms with Gasteiger partial charge in [0.1, 0.15) is 0 Å². The molecule has 0 N–H and O–H groups in total. The van der Waals surface area contributed by atoms with Crippen LogP contribution in [0.25, 0.3) is 0 Å². The fourth-order valence-electron chi connectivity index (χ4n) is 5.02. The van der Waals surface area contributed by atoms with Crippen LogP contribution in [0.4, 0.5) is 0 Å². The van der Waals surface area contributed by atoms with Gasteiger partial charge in [-0.3, -0.25) is 9.69 Å². The highest BCUT2D eigenvalue weighted by atomic mass is 35.5. The van der Waals surface area contributed by atoms with Crippen LogP contribution in [0.1, 0.15) is 37.8 Å². The minimum Gasteiger partial charge on any atom is -0.493 e. The predicted molar refractivity (Wildman–Crippen MR) is 140 cm³/mol. The Morgan fingerprint density at radius 1 is 1.19 bits per heavy atom. The van der Waals surface area contributed by atoms with Crippen molar-refractivity contribution in [2.45, 2.75) is 39.8 Å². The van der Waals surface area contributed by atoms with E-state index in [1.54, 1.807) is 14.2 Å². The number of halogens is 1. The quantitative estimate of drug-likeness (QED) is 0.466. The van der Waals surface area contributed by atoms with E-state index >= 15 is 0 Å².